The third-order valence-corrected chi connectivity index (χ3v) is 2.81. The normalized spacial score (nSPS) is 26.7. The quantitative estimate of drug-likeness (QED) is 0.213. The van der Waals surface area contributed by atoms with Crippen molar-refractivity contribution >= 4 is 62.3 Å². The third kappa shape index (κ3) is 1.59. The van der Waals surface area contributed by atoms with Crippen molar-refractivity contribution in [3.8, 4) is 0 Å². The fraction of sp³-hybridized carbons (Fsp3) is 0.600. The number of Topliss-reactive ketones (excluding diaryl/α,β-unsaturated/α-hetero) is 1. The molecule has 0 unspecified atom stereocenters. The van der Waals surface area contributed by atoms with E-state index in [2.05, 4.69) is 55.3 Å². The van der Waals surface area contributed by atoms with E-state index >= 15 is 0 Å². The molecular weight excluding hydrogens is 236 g/mol. The molecule has 0 aliphatic carbocycles. The highest BCUT2D eigenvalue weighted by Crippen LogP contribution is 2.37. The minimum Gasteiger partial charge on any atom is -0.461 e. The zero-order valence-corrected chi connectivity index (χ0v) is 9.30. The van der Waals surface area contributed by atoms with Crippen LogP contribution >= 0.6 is 50.5 Å². The SMILES string of the molecule is O=C1OCC(S)(S)C(=O)C1(S)S. The van der Waals surface area contributed by atoms with Crippen molar-refractivity contribution in [1.29, 1.82) is 0 Å². The van der Waals surface area contributed by atoms with Gasteiger partial charge in [0.05, 0.1) is 0 Å². The summed E-state index contributed by atoms with van der Waals surface area (Å²) in [5.41, 5.74) is 0. The van der Waals surface area contributed by atoms with Gasteiger partial charge < -0.3 is 4.74 Å². The Morgan fingerprint density at radius 1 is 1.17 bits per heavy atom. The van der Waals surface area contributed by atoms with Crippen LogP contribution in [0.3, 0.4) is 0 Å². The number of ketones is 1. The first-order valence-electron chi connectivity index (χ1n) is 2.90. The van der Waals surface area contributed by atoms with E-state index in [4.69, 9.17) is 0 Å². The zero-order chi connectivity index (χ0) is 9.57. The first kappa shape index (κ1) is 10.6. The fourth-order valence-electron chi connectivity index (χ4n) is 0.704. The number of hydrogen-bond donors (Lipinski definition) is 4. The van der Waals surface area contributed by atoms with Crippen LogP contribution in [0.2, 0.25) is 0 Å². The van der Waals surface area contributed by atoms with E-state index < -0.39 is 19.9 Å². The van der Waals surface area contributed by atoms with Gasteiger partial charge in [-0.15, -0.1) is 25.3 Å². The molecule has 3 nitrogen and oxygen atoms in total. The first-order valence-corrected chi connectivity index (χ1v) is 4.69. The number of esters is 1. The Kier molecular flexibility index (Phi) is 2.69. The van der Waals surface area contributed by atoms with E-state index in [1.807, 2.05) is 0 Å². The summed E-state index contributed by atoms with van der Waals surface area (Å²) in [6.45, 7) is -0.167. The van der Waals surface area contributed by atoms with Crippen molar-refractivity contribution < 1.29 is 14.3 Å². The number of carbonyl (C=O) groups excluding carboxylic acids is 2. The summed E-state index contributed by atoms with van der Waals surface area (Å²) in [4.78, 5) is 22.3. The standard InChI is InChI=1S/C5H6O3S4/c6-2-4(9,10)1-8-3(7)5(2,11)12/h9-12H,1H2. The molecule has 0 saturated carbocycles. The van der Waals surface area contributed by atoms with Gasteiger partial charge in [0, 0.05) is 0 Å². The van der Waals surface area contributed by atoms with Gasteiger partial charge in [0.15, 0.2) is 9.86 Å². The van der Waals surface area contributed by atoms with Gasteiger partial charge in [-0.1, -0.05) is 0 Å². The molecule has 0 amide bonds. The molecule has 1 aliphatic rings. The molecule has 0 aromatic heterocycles. The number of cyclic esters (lactones) is 1. The molecule has 1 heterocycles. The summed E-state index contributed by atoms with van der Waals surface area (Å²) in [6.07, 6.45) is 0. The van der Waals surface area contributed by atoms with E-state index in [0.717, 1.165) is 0 Å². The lowest BCUT2D eigenvalue weighted by atomic mass is 10.1. The van der Waals surface area contributed by atoms with Crippen LogP contribution in [0.5, 0.6) is 0 Å². The van der Waals surface area contributed by atoms with Crippen molar-refractivity contribution in [2.45, 2.75) is 8.16 Å². The molecule has 1 saturated heterocycles. The molecule has 1 aliphatic heterocycles. The van der Waals surface area contributed by atoms with E-state index in [1.54, 1.807) is 0 Å². The molecule has 1 rings (SSSR count). The molecule has 0 atom stereocenters. The second-order valence-electron chi connectivity index (χ2n) is 2.39. The number of carbonyl (C=O) groups is 2. The maximum Gasteiger partial charge on any atom is 0.340 e. The van der Waals surface area contributed by atoms with E-state index in [1.165, 1.54) is 0 Å². The number of ether oxygens (including phenoxy) is 1. The topological polar surface area (TPSA) is 43.4 Å². The minimum atomic E-state index is -1.73. The van der Waals surface area contributed by atoms with Gasteiger partial charge >= 0.3 is 5.97 Å². The van der Waals surface area contributed by atoms with Crippen LogP contribution in [0.4, 0.5) is 0 Å². The zero-order valence-electron chi connectivity index (χ0n) is 5.72. The molecule has 1 fully saturated rings. The lowest BCUT2D eigenvalue weighted by Gasteiger charge is -2.33. The van der Waals surface area contributed by atoms with Crippen molar-refractivity contribution in [3.05, 3.63) is 0 Å². The second-order valence-corrected chi connectivity index (χ2v) is 5.97. The average Bonchev–Trinajstić information content (AvgIpc) is 1.96. The summed E-state index contributed by atoms with van der Waals surface area (Å²) in [5.74, 6) is -1.36. The third-order valence-electron chi connectivity index (χ3n) is 1.37. The lowest BCUT2D eigenvalue weighted by Crippen LogP contribution is -2.54. The molecule has 0 aromatic carbocycles. The number of hydrogen-bond acceptors (Lipinski definition) is 7. The van der Waals surface area contributed by atoms with Gasteiger partial charge in [0.2, 0.25) is 4.08 Å². The van der Waals surface area contributed by atoms with Crippen LogP contribution in [0.1, 0.15) is 0 Å². The average molecular weight is 242 g/mol. The highest BCUT2D eigenvalue weighted by Gasteiger charge is 2.53. The van der Waals surface area contributed by atoms with Crippen molar-refractivity contribution in [2.24, 2.45) is 0 Å². The Bertz CT molecular complexity index is 247. The molecule has 0 spiro atoms. The molecule has 0 aromatic rings. The molecule has 0 N–H and O–H groups in total. The summed E-state index contributed by atoms with van der Waals surface area (Å²) >= 11 is 15.3. The molecule has 12 heavy (non-hydrogen) atoms. The molecule has 0 bridgehead atoms. The van der Waals surface area contributed by atoms with Crippen LogP contribution in [-0.2, 0) is 14.3 Å². The molecule has 68 valence electrons. The minimum absolute atomic E-state index is 0.167. The Morgan fingerprint density at radius 2 is 1.67 bits per heavy atom. The van der Waals surface area contributed by atoms with Gasteiger partial charge in [-0.25, -0.2) is 4.79 Å². The monoisotopic (exact) mass is 242 g/mol. The van der Waals surface area contributed by atoms with Crippen LogP contribution in [0, 0.1) is 0 Å². The van der Waals surface area contributed by atoms with E-state index in [-0.39, 0.29) is 6.61 Å². The van der Waals surface area contributed by atoms with Gasteiger partial charge in [0.1, 0.15) is 6.61 Å². The van der Waals surface area contributed by atoms with Crippen LogP contribution < -0.4 is 0 Å². The Labute approximate surface area is 91.3 Å². The van der Waals surface area contributed by atoms with Crippen LogP contribution in [0.25, 0.3) is 0 Å². The highest BCUT2D eigenvalue weighted by molar-refractivity contribution is 8.05. The maximum absolute atomic E-state index is 11.4. The largest absolute Gasteiger partial charge is 0.461 e. The Morgan fingerprint density at radius 3 is 2.08 bits per heavy atom. The van der Waals surface area contributed by atoms with Gasteiger partial charge in [-0.3, -0.25) is 4.79 Å². The Hall–Kier alpha value is 0.540. The molecule has 7 heteroatoms. The maximum atomic E-state index is 11.4. The summed E-state index contributed by atoms with van der Waals surface area (Å²) in [6, 6.07) is 0. The fourth-order valence-corrected chi connectivity index (χ4v) is 2.03. The van der Waals surface area contributed by atoms with Crippen LogP contribution in [-0.4, -0.2) is 26.5 Å². The predicted octanol–water partition coefficient (Wildman–Crippen LogP) is 0.224. The van der Waals surface area contributed by atoms with Gasteiger partial charge in [-0.05, 0) is 0 Å². The second kappa shape index (κ2) is 3.04. The number of rotatable bonds is 0. The highest BCUT2D eigenvalue weighted by atomic mass is 32.2. The van der Waals surface area contributed by atoms with Gasteiger partial charge in [0.25, 0.3) is 0 Å². The van der Waals surface area contributed by atoms with E-state index in [9.17, 15) is 9.59 Å². The Balaban J connectivity index is 3.02. The van der Waals surface area contributed by atoms with Crippen LogP contribution in [0.15, 0.2) is 0 Å². The van der Waals surface area contributed by atoms with E-state index in [0.29, 0.717) is 0 Å². The van der Waals surface area contributed by atoms with Crippen molar-refractivity contribution in [1.82, 2.24) is 0 Å². The lowest BCUT2D eigenvalue weighted by molar-refractivity contribution is -0.151. The smallest absolute Gasteiger partial charge is 0.340 e. The van der Waals surface area contributed by atoms with Crippen molar-refractivity contribution in [2.75, 3.05) is 6.61 Å². The van der Waals surface area contributed by atoms with Crippen molar-refractivity contribution in [3.63, 3.8) is 0 Å². The summed E-state index contributed by atoms with van der Waals surface area (Å²) in [5, 5.41) is 0. The van der Waals surface area contributed by atoms with Gasteiger partial charge in [-0.2, -0.15) is 25.3 Å². The summed E-state index contributed by atoms with van der Waals surface area (Å²) in [7, 11) is 0. The predicted molar refractivity (Wildman–Crippen MR) is 57.4 cm³/mol. The summed E-state index contributed by atoms with van der Waals surface area (Å²) < 4.78 is 1.58. The number of thiol groups is 4. The molecular formula is C5H6O3S4. The molecule has 0 radical (unpaired) electrons. The first-order chi connectivity index (χ1) is 5.28.